The van der Waals surface area contributed by atoms with Gasteiger partial charge in [-0.1, -0.05) is 30.3 Å². The van der Waals surface area contributed by atoms with Crippen molar-refractivity contribution in [2.24, 2.45) is 0 Å². The molecule has 2 rings (SSSR count). The summed E-state index contributed by atoms with van der Waals surface area (Å²) in [5.41, 5.74) is 2.10. The van der Waals surface area contributed by atoms with Crippen molar-refractivity contribution in [2.75, 3.05) is 32.1 Å². The standard InChI is InChI=1S/C18H22N2O2/c1-20(16-8-4-3-5-9-16)18(21)14-19-12-11-15-7-6-10-17(13-15)22-2/h3-10,13,19H,11-12,14H2,1-2H3. The minimum Gasteiger partial charge on any atom is -0.497 e. The number of carbonyl (C=O) groups excluding carboxylic acids is 1. The van der Waals surface area contributed by atoms with Gasteiger partial charge in [0.05, 0.1) is 13.7 Å². The summed E-state index contributed by atoms with van der Waals surface area (Å²) in [4.78, 5) is 13.8. The van der Waals surface area contributed by atoms with E-state index < -0.39 is 0 Å². The van der Waals surface area contributed by atoms with Crippen LogP contribution in [0.15, 0.2) is 54.6 Å². The molecular formula is C18H22N2O2. The molecule has 22 heavy (non-hydrogen) atoms. The van der Waals surface area contributed by atoms with Gasteiger partial charge < -0.3 is 15.0 Å². The number of likely N-dealkylation sites (N-methyl/N-ethyl adjacent to an activating group) is 1. The molecular weight excluding hydrogens is 276 g/mol. The maximum atomic E-state index is 12.1. The number of hydrogen-bond donors (Lipinski definition) is 1. The van der Waals surface area contributed by atoms with Gasteiger partial charge in [-0.3, -0.25) is 4.79 Å². The molecule has 0 saturated heterocycles. The monoisotopic (exact) mass is 298 g/mol. The number of para-hydroxylation sites is 1. The highest BCUT2D eigenvalue weighted by Crippen LogP contribution is 2.13. The smallest absolute Gasteiger partial charge is 0.240 e. The van der Waals surface area contributed by atoms with Crippen LogP contribution in [0.5, 0.6) is 5.75 Å². The highest BCUT2D eigenvalue weighted by Gasteiger charge is 2.09. The van der Waals surface area contributed by atoms with Gasteiger partial charge in [-0.2, -0.15) is 0 Å². The largest absolute Gasteiger partial charge is 0.497 e. The van der Waals surface area contributed by atoms with Crippen molar-refractivity contribution in [1.29, 1.82) is 0 Å². The van der Waals surface area contributed by atoms with E-state index in [1.165, 1.54) is 5.56 Å². The number of methoxy groups -OCH3 is 1. The third kappa shape index (κ3) is 4.60. The SMILES string of the molecule is COc1cccc(CCNCC(=O)N(C)c2ccccc2)c1. The molecule has 0 heterocycles. The Morgan fingerprint density at radius 1 is 1.14 bits per heavy atom. The van der Waals surface area contributed by atoms with E-state index in [-0.39, 0.29) is 5.91 Å². The summed E-state index contributed by atoms with van der Waals surface area (Å²) in [5, 5.41) is 3.19. The van der Waals surface area contributed by atoms with E-state index in [9.17, 15) is 4.79 Å². The molecule has 0 atom stereocenters. The Labute approximate surface area is 131 Å². The third-order valence-corrected chi connectivity index (χ3v) is 3.52. The fraction of sp³-hybridized carbons (Fsp3) is 0.278. The number of benzene rings is 2. The van der Waals surface area contributed by atoms with Crippen LogP contribution in [0.1, 0.15) is 5.56 Å². The van der Waals surface area contributed by atoms with Gasteiger partial charge in [0.1, 0.15) is 5.75 Å². The molecule has 4 nitrogen and oxygen atoms in total. The van der Waals surface area contributed by atoms with Crippen molar-refractivity contribution in [2.45, 2.75) is 6.42 Å². The van der Waals surface area contributed by atoms with Crippen molar-refractivity contribution in [3.63, 3.8) is 0 Å². The molecule has 116 valence electrons. The van der Waals surface area contributed by atoms with Gasteiger partial charge in [0.15, 0.2) is 0 Å². The summed E-state index contributed by atoms with van der Waals surface area (Å²) in [5.74, 6) is 0.911. The number of ether oxygens (including phenoxy) is 1. The molecule has 2 aromatic rings. The maximum Gasteiger partial charge on any atom is 0.240 e. The third-order valence-electron chi connectivity index (χ3n) is 3.52. The number of hydrogen-bond acceptors (Lipinski definition) is 3. The van der Waals surface area contributed by atoms with Crippen LogP contribution in [-0.4, -0.2) is 33.2 Å². The topological polar surface area (TPSA) is 41.6 Å². The lowest BCUT2D eigenvalue weighted by Gasteiger charge is -2.17. The van der Waals surface area contributed by atoms with E-state index in [1.54, 1.807) is 19.1 Å². The second-order valence-electron chi connectivity index (χ2n) is 5.07. The Kier molecular flexibility index (Phi) is 5.98. The average molecular weight is 298 g/mol. The Morgan fingerprint density at radius 3 is 2.64 bits per heavy atom. The maximum absolute atomic E-state index is 12.1. The van der Waals surface area contributed by atoms with E-state index in [2.05, 4.69) is 11.4 Å². The molecule has 4 heteroatoms. The minimum absolute atomic E-state index is 0.0526. The van der Waals surface area contributed by atoms with Crippen molar-refractivity contribution < 1.29 is 9.53 Å². The zero-order chi connectivity index (χ0) is 15.8. The molecule has 2 aromatic carbocycles. The summed E-state index contributed by atoms with van der Waals surface area (Å²) in [6.45, 7) is 1.08. The molecule has 0 aromatic heterocycles. The molecule has 0 aliphatic carbocycles. The van der Waals surface area contributed by atoms with E-state index in [1.807, 2.05) is 48.5 Å². The fourth-order valence-electron chi connectivity index (χ4n) is 2.17. The first kappa shape index (κ1) is 16.0. The van der Waals surface area contributed by atoms with Gasteiger partial charge in [-0.25, -0.2) is 0 Å². The second kappa shape index (κ2) is 8.20. The Bertz CT molecular complexity index is 599. The van der Waals surface area contributed by atoms with Crippen LogP contribution < -0.4 is 15.0 Å². The lowest BCUT2D eigenvalue weighted by molar-refractivity contribution is -0.117. The number of anilines is 1. The van der Waals surface area contributed by atoms with Crippen molar-refractivity contribution >= 4 is 11.6 Å². The zero-order valence-corrected chi connectivity index (χ0v) is 13.1. The van der Waals surface area contributed by atoms with Crippen molar-refractivity contribution in [3.8, 4) is 5.75 Å². The first-order chi connectivity index (χ1) is 10.7. The number of nitrogens with zero attached hydrogens (tertiary/aromatic N) is 1. The van der Waals surface area contributed by atoms with Gasteiger partial charge in [0.2, 0.25) is 5.91 Å². The molecule has 0 spiro atoms. The Balaban J connectivity index is 1.75. The van der Waals surface area contributed by atoms with E-state index in [0.29, 0.717) is 6.54 Å². The van der Waals surface area contributed by atoms with Crippen LogP contribution in [0.3, 0.4) is 0 Å². The van der Waals surface area contributed by atoms with Gasteiger partial charge in [0, 0.05) is 12.7 Å². The van der Waals surface area contributed by atoms with Crippen LogP contribution in [0.25, 0.3) is 0 Å². The average Bonchev–Trinajstić information content (AvgIpc) is 2.58. The molecule has 0 bridgehead atoms. The minimum atomic E-state index is 0.0526. The van der Waals surface area contributed by atoms with Gasteiger partial charge in [-0.05, 0) is 42.8 Å². The molecule has 0 saturated carbocycles. The predicted molar refractivity (Wildman–Crippen MR) is 89.4 cm³/mol. The summed E-state index contributed by atoms with van der Waals surface area (Å²) in [6, 6.07) is 17.6. The number of carbonyl (C=O) groups is 1. The van der Waals surface area contributed by atoms with E-state index in [0.717, 1.165) is 24.4 Å². The quantitative estimate of drug-likeness (QED) is 0.799. The van der Waals surface area contributed by atoms with Crippen molar-refractivity contribution in [1.82, 2.24) is 5.32 Å². The van der Waals surface area contributed by atoms with Crippen LogP contribution >= 0.6 is 0 Å². The van der Waals surface area contributed by atoms with Gasteiger partial charge in [0.25, 0.3) is 0 Å². The predicted octanol–water partition coefficient (Wildman–Crippen LogP) is 2.49. The first-order valence-corrected chi connectivity index (χ1v) is 7.36. The van der Waals surface area contributed by atoms with Gasteiger partial charge >= 0.3 is 0 Å². The second-order valence-corrected chi connectivity index (χ2v) is 5.07. The lowest BCUT2D eigenvalue weighted by atomic mass is 10.1. The van der Waals surface area contributed by atoms with E-state index in [4.69, 9.17) is 4.74 Å². The summed E-state index contributed by atoms with van der Waals surface area (Å²) in [6.07, 6.45) is 0.861. The molecule has 0 unspecified atom stereocenters. The fourth-order valence-corrected chi connectivity index (χ4v) is 2.17. The molecule has 0 aliphatic rings. The number of amides is 1. The zero-order valence-electron chi connectivity index (χ0n) is 13.1. The van der Waals surface area contributed by atoms with Crippen LogP contribution in [0.4, 0.5) is 5.69 Å². The highest BCUT2D eigenvalue weighted by atomic mass is 16.5. The van der Waals surface area contributed by atoms with Crippen LogP contribution in [0, 0.1) is 0 Å². The molecule has 1 amide bonds. The Morgan fingerprint density at radius 2 is 1.91 bits per heavy atom. The summed E-state index contributed by atoms with van der Waals surface area (Å²) >= 11 is 0. The molecule has 0 aliphatic heterocycles. The van der Waals surface area contributed by atoms with Crippen LogP contribution in [0.2, 0.25) is 0 Å². The molecule has 1 N–H and O–H groups in total. The van der Waals surface area contributed by atoms with Crippen molar-refractivity contribution in [3.05, 3.63) is 60.2 Å². The summed E-state index contributed by atoms with van der Waals surface area (Å²) < 4.78 is 5.20. The summed E-state index contributed by atoms with van der Waals surface area (Å²) in [7, 11) is 3.46. The molecule has 0 fully saturated rings. The highest BCUT2D eigenvalue weighted by molar-refractivity contribution is 5.94. The first-order valence-electron chi connectivity index (χ1n) is 7.36. The van der Waals surface area contributed by atoms with Crippen LogP contribution in [-0.2, 0) is 11.2 Å². The molecule has 0 radical (unpaired) electrons. The van der Waals surface area contributed by atoms with E-state index >= 15 is 0 Å². The Hall–Kier alpha value is -2.33. The number of rotatable bonds is 7. The lowest BCUT2D eigenvalue weighted by Crippen LogP contribution is -2.36. The van der Waals surface area contributed by atoms with Gasteiger partial charge in [-0.15, -0.1) is 0 Å². The normalized spacial score (nSPS) is 10.3. The number of nitrogens with one attached hydrogen (secondary N) is 1.